The van der Waals surface area contributed by atoms with Gasteiger partial charge in [-0.2, -0.15) is 0 Å². The van der Waals surface area contributed by atoms with E-state index >= 15 is 0 Å². The highest BCUT2D eigenvalue weighted by Crippen LogP contribution is 2.31. The molecule has 0 aliphatic carbocycles. The Kier molecular flexibility index (Phi) is 3.59. The lowest BCUT2D eigenvalue weighted by Crippen LogP contribution is -2.16. The van der Waals surface area contributed by atoms with Crippen LogP contribution in [0.5, 0.6) is 0 Å². The van der Waals surface area contributed by atoms with Gasteiger partial charge in [-0.3, -0.25) is 0 Å². The molecule has 0 aliphatic rings. The van der Waals surface area contributed by atoms with Gasteiger partial charge in [0.05, 0.1) is 5.56 Å². The standard InChI is InChI=1S/C6H4ClF2N3O4S/c7-4-2(5(8)9)1-3(17(10,15)16)6(11-4)12(13)14/h1,5H,(H2,10,15,16). The van der Waals surface area contributed by atoms with Gasteiger partial charge in [0.1, 0.15) is 0 Å². The van der Waals surface area contributed by atoms with E-state index in [1.807, 2.05) is 0 Å². The predicted octanol–water partition coefficient (Wildman–Crippen LogP) is 1.23. The van der Waals surface area contributed by atoms with Gasteiger partial charge >= 0.3 is 5.82 Å². The van der Waals surface area contributed by atoms with E-state index in [-0.39, 0.29) is 0 Å². The Balaban J connectivity index is 3.66. The molecule has 1 heterocycles. The van der Waals surface area contributed by atoms with Crippen LogP contribution in [0.4, 0.5) is 14.6 Å². The number of rotatable bonds is 3. The van der Waals surface area contributed by atoms with Crippen LogP contribution < -0.4 is 5.14 Å². The molecule has 0 amide bonds. The number of aromatic nitrogens is 1. The van der Waals surface area contributed by atoms with Gasteiger partial charge in [-0.25, -0.2) is 22.3 Å². The first-order valence-electron chi connectivity index (χ1n) is 3.80. The molecular formula is C6H4ClF2N3O4S. The first-order chi connectivity index (χ1) is 7.64. The third-order valence-electron chi connectivity index (χ3n) is 1.66. The molecular weight excluding hydrogens is 284 g/mol. The van der Waals surface area contributed by atoms with Crippen molar-refractivity contribution < 1.29 is 22.1 Å². The molecule has 0 unspecified atom stereocenters. The van der Waals surface area contributed by atoms with E-state index in [0.29, 0.717) is 6.07 Å². The second-order valence-electron chi connectivity index (χ2n) is 2.79. The molecule has 1 aromatic heterocycles. The molecule has 0 radical (unpaired) electrons. The van der Waals surface area contributed by atoms with E-state index < -0.39 is 42.8 Å². The van der Waals surface area contributed by atoms with Gasteiger partial charge in [-0.15, -0.1) is 0 Å². The Hall–Kier alpha value is -1.39. The van der Waals surface area contributed by atoms with Crippen molar-refractivity contribution >= 4 is 27.4 Å². The summed E-state index contributed by atoms with van der Waals surface area (Å²) in [5.41, 5.74) is -0.943. The van der Waals surface area contributed by atoms with Gasteiger partial charge in [-0.05, 0) is 27.6 Å². The molecule has 1 rings (SSSR count). The van der Waals surface area contributed by atoms with Crippen molar-refractivity contribution in [1.82, 2.24) is 4.98 Å². The summed E-state index contributed by atoms with van der Waals surface area (Å²) in [6, 6.07) is 0.341. The lowest BCUT2D eigenvalue weighted by atomic mass is 10.3. The average Bonchev–Trinajstić information content (AvgIpc) is 2.14. The Bertz CT molecular complexity index is 577. The number of pyridine rings is 1. The molecule has 0 saturated heterocycles. The zero-order chi connectivity index (χ0) is 13.4. The quantitative estimate of drug-likeness (QED) is 0.510. The second-order valence-corrected chi connectivity index (χ2v) is 4.68. The summed E-state index contributed by atoms with van der Waals surface area (Å²) < 4.78 is 46.8. The number of halogens is 3. The number of sulfonamides is 1. The molecule has 0 bridgehead atoms. The summed E-state index contributed by atoms with van der Waals surface area (Å²) in [5.74, 6) is -1.19. The molecule has 0 saturated carbocycles. The summed E-state index contributed by atoms with van der Waals surface area (Å²) in [7, 11) is -4.55. The molecule has 0 atom stereocenters. The van der Waals surface area contributed by atoms with Crippen LogP contribution in [0.25, 0.3) is 0 Å². The third-order valence-corrected chi connectivity index (χ3v) is 2.88. The van der Waals surface area contributed by atoms with Crippen LogP contribution >= 0.6 is 11.6 Å². The SMILES string of the molecule is NS(=O)(=O)c1cc(C(F)F)c(Cl)nc1[N+](=O)[O-]. The largest absolute Gasteiger partial charge is 0.385 e. The van der Waals surface area contributed by atoms with E-state index in [1.54, 1.807) is 0 Å². The topological polar surface area (TPSA) is 116 Å². The second kappa shape index (κ2) is 4.47. The fourth-order valence-corrected chi connectivity index (χ4v) is 1.85. The van der Waals surface area contributed by atoms with Gasteiger partial charge in [0.15, 0.2) is 4.90 Å². The summed E-state index contributed by atoms with van der Waals surface area (Å²) in [5, 5.41) is 14.3. The summed E-state index contributed by atoms with van der Waals surface area (Å²) >= 11 is 5.26. The van der Waals surface area contributed by atoms with Crippen LogP contribution in [0, 0.1) is 10.1 Å². The lowest BCUT2D eigenvalue weighted by Gasteiger charge is -2.04. The van der Waals surface area contributed by atoms with Crippen molar-refractivity contribution in [3.63, 3.8) is 0 Å². The van der Waals surface area contributed by atoms with Crippen molar-refractivity contribution in [2.75, 3.05) is 0 Å². The lowest BCUT2D eigenvalue weighted by molar-refractivity contribution is -0.392. The molecule has 17 heavy (non-hydrogen) atoms. The van der Waals surface area contributed by atoms with Crippen molar-refractivity contribution in [2.24, 2.45) is 5.14 Å². The Labute approximate surface area is 98.4 Å². The zero-order valence-corrected chi connectivity index (χ0v) is 9.37. The number of nitrogens with zero attached hydrogens (tertiary/aromatic N) is 2. The maximum atomic E-state index is 12.4. The maximum absolute atomic E-state index is 12.4. The number of hydrogen-bond donors (Lipinski definition) is 1. The fourth-order valence-electron chi connectivity index (χ4n) is 0.971. The van der Waals surface area contributed by atoms with Gasteiger partial charge in [-0.1, -0.05) is 0 Å². The monoisotopic (exact) mass is 287 g/mol. The molecule has 0 aromatic carbocycles. The van der Waals surface area contributed by atoms with Crippen molar-refractivity contribution in [3.05, 3.63) is 26.9 Å². The van der Waals surface area contributed by atoms with E-state index in [4.69, 9.17) is 11.6 Å². The van der Waals surface area contributed by atoms with Gasteiger partial charge in [0.25, 0.3) is 11.6 Å². The first-order valence-corrected chi connectivity index (χ1v) is 5.72. The zero-order valence-electron chi connectivity index (χ0n) is 7.80. The van der Waals surface area contributed by atoms with E-state index in [1.165, 1.54) is 0 Å². The summed E-state index contributed by atoms with van der Waals surface area (Å²) in [4.78, 5) is 11.2. The number of primary sulfonamides is 1. The Morgan fingerprint density at radius 2 is 2.06 bits per heavy atom. The van der Waals surface area contributed by atoms with Crippen molar-refractivity contribution in [2.45, 2.75) is 11.3 Å². The highest BCUT2D eigenvalue weighted by molar-refractivity contribution is 7.89. The van der Waals surface area contributed by atoms with Crippen LogP contribution in [-0.4, -0.2) is 18.3 Å². The van der Waals surface area contributed by atoms with Crippen molar-refractivity contribution in [1.29, 1.82) is 0 Å². The van der Waals surface area contributed by atoms with Crippen LogP contribution in [0.2, 0.25) is 5.15 Å². The molecule has 0 aliphatic heterocycles. The van der Waals surface area contributed by atoms with Gasteiger partial charge < -0.3 is 10.1 Å². The number of alkyl halides is 2. The van der Waals surface area contributed by atoms with Crippen LogP contribution in [0.15, 0.2) is 11.0 Å². The molecule has 0 fully saturated rings. The van der Waals surface area contributed by atoms with E-state index in [0.717, 1.165) is 0 Å². The minimum absolute atomic E-state index is 0.341. The molecule has 94 valence electrons. The smallest absolute Gasteiger partial charge is 0.358 e. The van der Waals surface area contributed by atoms with Crippen LogP contribution in [-0.2, 0) is 10.0 Å². The van der Waals surface area contributed by atoms with Gasteiger partial charge in [0.2, 0.25) is 10.0 Å². The minimum Gasteiger partial charge on any atom is -0.358 e. The highest BCUT2D eigenvalue weighted by Gasteiger charge is 2.30. The minimum atomic E-state index is -4.55. The molecule has 11 heteroatoms. The van der Waals surface area contributed by atoms with Crippen molar-refractivity contribution in [3.8, 4) is 0 Å². The maximum Gasteiger partial charge on any atom is 0.385 e. The summed E-state index contributed by atoms with van der Waals surface area (Å²) in [6.07, 6.45) is -3.13. The molecule has 2 N–H and O–H groups in total. The molecule has 1 aromatic rings. The Morgan fingerprint density at radius 1 is 1.53 bits per heavy atom. The van der Waals surface area contributed by atoms with Crippen LogP contribution in [0.3, 0.4) is 0 Å². The highest BCUT2D eigenvalue weighted by atomic mass is 35.5. The van der Waals surface area contributed by atoms with E-state index in [2.05, 4.69) is 10.1 Å². The number of hydrogen-bond acceptors (Lipinski definition) is 5. The third kappa shape index (κ3) is 2.84. The Morgan fingerprint density at radius 3 is 2.41 bits per heavy atom. The first kappa shape index (κ1) is 13.7. The summed E-state index contributed by atoms with van der Waals surface area (Å²) in [6.45, 7) is 0. The van der Waals surface area contributed by atoms with E-state index in [9.17, 15) is 27.3 Å². The molecule has 0 spiro atoms. The predicted molar refractivity (Wildman–Crippen MR) is 52.2 cm³/mol. The average molecular weight is 288 g/mol. The fraction of sp³-hybridized carbons (Fsp3) is 0.167. The van der Waals surface area contributed by atoms with Crippen LogP contribution in [0.1, 0.15) is 12.0 Å². The number of nitrogens with two attached hydrogens (primary N) is 1. The number of nitro groups is 1. The molecule has 7 nitrogen and oxygen atoms in total. The normalized spacial score (nSPS) is 11.8. The van der Waals surface area contributed by atoms with Gasteiger partial charge in [0, 0.05) is 0 Å².